The molecule has 0 spiro atoms. The van der Waals surface area contributed by atoms with Crippen molar-refractivity contribution in [3.63, 3.8) is 0 Å². The molecule has 3 heteroatoms. The number of thiophene rings is 1. The first-order valence-electron chi connectivity index (χ1n) is 5.74. The van der Waals surface area contributed by atoms with E-state index in [0.29, 0.717) is 0 Å². The summed E-state index contributed by atoms with van der Waals surface area (Å²) in [5.41, 5.74) is 0. The van der Waals surface area contributed by atoms with Crippen LogP contribution in [0.15, 0.2) is 15.9 Å². The lowest BCUT2D eigenvalue weighted by molar-refractivity contribution is 0.257. The quantitative estimate of drug-likeness (QED) is 0.760. The topological polar surface area (TPSA) is 3.24 Å². The molecule has 1 nitrogen and oxygen atoms in total. The average molecular weight is 288 g/mol. The van der Waals surface area contributed by atoms with Crippen LogP contribution in [-0.2, 0) is 6.54 Å². The Labute approximate surface area is 105 Å². The monoisotopic (exact) mass is 287 g/mol. The molecule has 1 aliphatic rings. The molecular weight excluding hydrogens is 270 g/mol. The molecule has 15 heavy (non-hydrogen) atoms. The highest BCUT2D eigenvalue weighted by atomic mass is 79.9. The van der Waals surface area contributed by atoms with Crippen molar-refractivity contribution >= 4 is 27.3 Å². The van der Waals surface area contributed by atoms with Crippen LogP contribution in [0.3, 0.4) is 0 Å². The minimum Gasteiger partial charge on any atom is -0.298 e. The van der Waals surface area contributed by atoms with E-state index in [9.17, 15) is 0 Å². The lowest BCUT2D eigenvalue weighted by atomic mass is 10.3. The molecule has 1 aliphatic carbocycles. The van der Waals surface area contributed by atoms with Crippen LogP contribution >= 0.6 is 27.3 Å². The van der Waals surface area contributed by atoms with Crippen LogP contribution in [0.2, 0.25) is 0 Å². The van der Waals surface area contributed by atoms with Crippen molar-refractivity contribution < 1.29 is 0 Å². The Hall–Kier alpha value is 0.140. The molecule has 0 aliphatic heterocycles. The van der Waals surface area contributed by atoms with Gasteiger partial charge in [-0.05, 0) is 59.8 Å². The number of hydrogen-bond acceptors (Lipinski definition) is 2. The molecule has 0 amide bonds. The fourth-order valence-electron chi connectivity index (χ4n) is 1.87. The molecule has 0 radical (unpaired) electrons. The summed E-state index contributed by atoms with van der Waals surface area (Å²) in [6.07, 6.45) is 4.17. The Balaban J connectivity index is 1.86. The molecule has 0 unspecified atom stereocenters. The predicted octanol–water partition coefficient (Wildman–Crippen LogP) is 4.13. The van der Waals surface area contributed by atoms with Crippen LogP contribution in [0.5, 0.6) is 0 Å². The average Bonchev–Trinajstić information content (AvgIpc) is 2.90. The summed E-state index contributed by atoms with van der Waals surface area (Å²) < 4.78 is 1.25. The van der Waals surface area contributed by atoms with E-state index in [1.54, 1.807) is 0 Å². The van der Waals surface area contributed by atoms with E-state index in [2.05, 4.69) is 39.9 Å². The van der Waals surface area contributed by atoms with Gasteiger partial charge in [0.15, 0.2) is 0 Å². The van der Waals surface area contributed by atoms with E-state index in [-0.39, 0.29) is 0 Å². The molecule has 1 saturated carbocycles. The van der Waals surface area contributed by atoms with Crippen molar-refractivity contribution in [3.8, 4) is 0 Å². The summed E-state index contributed by atoms with van der Waals surface area (Å²) in [6, 6.07) is 4.39. The normalized spacial score (nSPS) is 16.2. The summed E-state index contributed by atoms with van der Waals surface area (Å²) in [7, 11) is 0. The standard InChI is InChI=1S/C12H18BrNS/c1-2-7-14(8-10-3-4-10)9-11-5-6-12(13)15-11/h5-6,10H,2-4,7-9H2,1H3. The Bertz CT molecular complexity index is 306. The maximum absolute atomic E-state index is 3.52. The van der Waals surface area contributed by atoms with Crippen LogP contribution in [0.1, 0.15) is 31.1 Å². The summed E-state index contributed by atoms with van der Waals surface area (Å²) >= 11 is 5.39. The summed E-state index contributed by atoms with van der Waals surface area (Å²) in [5, 5.41) is 0. The lowest BCUT2D eigenvalue weighted by Gasteiger charge is -2.20. The van der Waals surface area contributed by atoms with E-state index in [0.717, 1.165) is 12.5 Å². The first-order valence-corrected chi connectivity index (χ1v) is 7.35. The Morgan fingerprint density at radius 3 is 2.80 bits per heavy atom. The summed E-state index contributed by atoms with van der Waals surface area (Å²) in [5.74, 6) is 1.000. The second kappa shape index (κ2) is 5.46. The highest BCUT2D eigenvalue weighted by Gasteiger charge is 2.24. The van der Waals surface area contributed by atoms with Gasteiger partial charge in [0.1, 0.15) is 0 Å². The fourth-order valence-corrected chi connectivity index (χ4v) is 3.40. The third-order valence-electron chi connectivity index (χ3n) is 2.76. The van der Waals surface area contributed by atoms with E-state index in [4.69, 9.17) is 0 Å². The lowest BCUT2D eigenvalue weighted by Crippen LogP contribution is -2.25. The number of nitrogens with zero attached hydrogens (tertiary/aromatic N) is 1. The summed E-state index contributed by atoms with van der Waals surface area (Å²) in [4.78, 5) is 4.09. The number of rotatable bonds is 6. The zero-order valence-corrected chi connectivity index (χ0v) is 11.6. The Kier molecular flexibility index (Phi) is 4.23. The van der Waals surface area contributed by atoms with Crippen molar-refractivity contribution in [2.24, 2.45) is 5.92 Å². The summed E-state index contributed by atoms with van der Waals surface area (Å²) in [6.45, 7) is 5.96. The molecule has 84 valence electrons. The highest BCUT2D eigenvalue weighted by molar-refractivity contribution is 9.11. The van der Waals surface area contributed by atoms with Gasteiger partial charge in [-0.3, -0.25) is 4.90 Å². The first-order chi connectivity index (χ1) is 7.28. The van der Waals surface area contributed by atoms with Crippen LogP contribution < -0.4 is 0 Å². The number of hydrogen-bond donors (Lipinski definition) is 0. The molecule has 0 aromatic carbocycles. The molecule has 0 atom stereocenters. The van der Waals surface area contributed by atoms with Crippen LogP contribution in [-0.4, -0.2) is 18.0 Å². The van der Waals surface area contributed by atoms with Crippen LogP contribution in [0.4, 0.5) is 0 Å². The van der Waals surface area contributed by atoms with E-state index < -0.39 is 0 Å². The zero-order chi connectivity index (χ0) is 10.7. The van der Waals surface area contributed by atoms with Gasteiger partial charge >= 0.3 is 0 Å². The molecular formula is C12H18BrNS. The molecule has 1 heterocycles. The molecule has 0 saturated heterocycles. The Morgan fingerprint density at radius 2 is 2.27 bits per heavy atom. The SMILES string of the molecule is CCCN(Cc1ccc(Br)s1)CC1CC1. The van der Waals surface area contributed by atoms with Crippen LogP contribution in [0.25, 0.3) is 0 Å². The van der Waals surface area contributed by atoms with Gasteiger partial charge in [-0.1, -0.05) is 6.92 Å². The van der Waals surface area contributed by atoms with Gasteiger partial charge in [-0.15, -0.1) is 11.3 Å². The predicted molar refractivity (Wildman–Crippen MR) is 70.3 cm³/mol. The molecule has 0 N–H and O–H groups in total. The maximum atomic E-state index is 3.52. The second-order valence-electron chi connectivity index (χ2n) is 4.38. The van der Waals surface area contributed by atoms with Gasteiger partial charge in [0.2, 0.25) is 0 Å². The van der Waals surface area contributed by atoms with E-state index >= 15 is 0 Å². The molecule has 1 fully saturated rings. The second-order valence-corrected chi connectivity index (χ2v) is 6.93. The molecule has 1 aromatic rings. The van der Waals surface area contributed by atoms with Crippen molar-refractivity contribution in [2.75, 3.05) is 13.1 Å². The van der Waals surface area contributed by atoms with Gasteiger partial charge in [0, 0.05) is 18.0 Å². The van der Waals surface area contributed by atoms with E-state index in [1.807, 2.05) is 11.3 Å². The molecule has 2 rings (SSSR count). The van der Waals surface area contributed by atoms with Gasteiger partial charge < -0.3 is 0 Å². The fraction of sp³-hybridized carbons (Fsp3) is 0.667. The minimum absolute atomic E-state index is 1.000. The van der Waals surface area contributed by atoms with Gasteiger partial charge in [0.25, 0.3) is 0 Å². The zero-order valence-electron chi connectivity index (χ0n) is 9.21. The third-order valence-corrected chi connectivity index (χ3v) is 4.37. The first kappa shape index (κ1) is 11.6. The highest BCUT2D eigenvalue weighted by Crippen LogP contribution is 2.31. The van der Waals surface area contributed by atoms with Crippen molar-refractivity contribution in [1.82, 2.24) is 4.90 Å². The van der Waals surface area contributed by atoms with Gasteiger partial charge in [-0.25, -0.2) is 0 Å². The minimum atomic E-state index is 1.000. The van der Waals surface area contributed by atoms with Gasteiger partial charge in [0.05, 0.1) is 3.79 Å². The van der Waals surface area contributed by atoms with Crippen LogP contribution in [0, 0.1) is 5.92 Å². The van der Waals surface area contributed by atoms with Crippen molar-refractivity contribution in [1.29, 1.82) is 0 Å². The largest absolute Gasteiger partial charge is 0.298 e. The molecule has 1 aromatic heterocycles. The van der Waals surface area contributed by atoms with E-state index in [1.165, 1.54) is 41.0 Å². The smallest absolute Gasteiger partial charge is 0.0701 e. The van der Waals surface area contributed by atoms with Crippen molar-refractivity contribution in [2.45, 2.75) is 32.7 Å². The number of halogens is 1. The maximum Gasteiger partial charge on any atom is 0.0701 e. The van der Waals surface area contributed by atoms with Gasteiger partial charge in [-0.2, -0.15) is 0 Å². The third kappa shape index (κ3) is 3.89. The van der Waals surface area contributed by atoms with Crippen molar-refractivity contribution in [3.05, 3.63) is 20.8 Å². The molecule has 0 bridgehead atoms. The Morgan fingerprint density at radius 1 is 1.47 bits per heavy atom.